The molecule has 4 heteroatoms. The topological polar surface area (TPSA) is 73.2 Å². The third-order valence-electron chi connectivity index (χ3n) is 1.55. The van der Waals surface area contributed by atoms with Crippen LogP contribution in [-0.2, 0) is 4.79 Å². The molecule has 0 aromatic carbocycles. The van der Waals surface area contributed by atoms with Gasteiger partial charge in [-0.1, -0.05) is 0 Å². The molecule has 0 aliphatic carbocycles. The fourth-order valence-electron chi connectivity index (χ4n) is 1.03. The maximum Gasteiger partial charge on any atom is 0.256 e. The van der Waals surface area contributed by atoms with Crippen LogP contribution in [0.1, 0.15) is 13.3 Å². The average Bonchev–Trinajstić information content (AvgIpc) is 1.85. The van der Waals surface area contributed by atoms with Gasteiger partial charge in [0.25, 0.3) is 5.91 Å². The maximum absolute atomic E-state index is 11.0. The summed E-state index contributed by atoms with van der Waals surface area (Å²) < 4.78 is 0. The number of aliphatic hydroxyl groups excluding tert-OH is 1. The standard InChI is InChI=1S/C7H10N2O2/c1-4(10)6-5(8)2-3-9-7(6)11/h8,10H,2-3H2,1H3,(H,9,11). The number of amides is 1. The van der Waals surface area contributed by atoms with E-state index in [1.807, 2.05) is 0 Å². The Morgan fingerprint density at radius 2 is 2.36 bits per heavy atom. The van der Waals surface area contributed by atoms with Crippen molar-refractivity contribution < 1.29 is 9.90 Å². The molecule has 1 amide bonds. The molecule has 1 aliphatic heterocycles. The molecule has 1 heterocycles. The van der Waals surface area contributed by atoms with Crippen LogP contribution in [0.2, 0.25) is 0 Å². The van der Waals surface area contributed by atoms with Crippen molar-refractivity contribution in [3.05, 3.63) is 11.3 Å². The molecule has 1 saturated heterocycles. The van der Waals surface area contributed by atoms with Crippen molar-refractivity contribution in [2.75, 3.05) is 6.54 Å². The van der Waals surface area contributed by atoms with Crippen LogP contribution in [0.15, 0.2) is 11.3 Å². The van der Waals surface area contributed by atoms with Crippen LogP contribution < -0.4 is 5.32 Å². The zero-order chi connectivity index (χ0) is 8.43. The lowest BCUT2D eigenvalue weighted by atomic mass is 10.0. The fraction of sp³-hybridized carbons (Fsp3) is 0.429. The third kappa shape index (κ3) is 1.39. The fourth-order valence-corrected chi connectivity index (χ4v) is 1.03. The van der Waals surface area contributed by atoms with Gasteiger partial charge in [-0.2, -0.15) is 0 Å². The minimum Gasteiger partial charge on any atom is -0.512 e. The summed E-state index contributed by atoms with van der Waals surface area (Å²) in [5.41, 5.74) is 0.338. The molecule has 4 nitrogen and oxygen atoms in total. The lowest BCUT2D eigenvalue weighted by Gasteiger charge is -2.16. The Bertz CT molecular complexity index is 221. The first-order chi connectivity index (χ1) is 5.13. The molecule has 60 valence electrons. The molecule has 0 radical (unpaired) electrons. The van der Waals surface area contributed by atoms with E-state index in [-0.39, 0.29) is 23.0 Å². The van der Waals surface area contributed by atoms with Crippen molar-refractivity contribution in [3.63, 3.8) is 0 Å². The van der Waals surface area contributed by atoms with E-state index in [4.69, 9.17) is 10.5 Å². The van der Waals surface area contributed by atoms with E-state index in [1.165, 1.54) is 6.92 Å². The quantitative estimate of drug-likeness (QED) is 0.348. The van der Waals surface area contributed by atoms with Gasteiger partial charge >= 0.3 is 0 Å². The smallest absolute Gasteiger partial charge is 0.256 e. The third-order valence-corrected chi connectivity index (χ3v) is 1.55. The van der Waals surface area contributed by atoms with Crippen LogP contribution in [0.5, 0.6) is 0 Å². The number of carbonyl (C=O) groups excluding carboxylic acids is 1. The van der Waals surface area contributed by atoms with Gasteiger partial charge in [-0.3, -0.25) is 4.79 Å². The Morgan fingerprint density at radius 3 is 2.73 bits per heavy atom. The summed E-state index contributed by atoms with van der Waals surface area (Å²) in [5, 5.41) is 18.9. The molecule has 0 spiro atoms. The molecule has 0 saturated carbocycles. The number of piperidine rings is 1. The predicted octanol–water partition coefficient (Wildman–Crippen LogP) is 0.358. The molecule has 0 bridgehead atoms. The zero-order valence-electron chi connectivity index (χ0n) is 6.27. The van der Waals surface area contributed by atoms with Gasteiger partial charge in [-0.25, -0.2) is 0 Å². The highest BCUT2D eigenvalue weighted by molar-refractivity contribution is 6.22. The Morgan fingerprint density at radius 1 is 1.73 bits per heavy atom. The summed E-state index contributed by atoms with van der Waals surface area (Å²) in [4.78, 5) is 11.0. The van der Waals surface area contributed by atoms with Gasteiger partial charge in [0.05, 0.1) is 5.57 Å². The Labute approximate surface area is 64.4 Å². The molecule has 1 rings (SSSR count). The molecule has 0 atom stereocenters. The van der Waals surface area contributed by atoms with Crippen LogP contribution in [0.25, 0.3) is 0 Å². The van der Waals surface area contributed by atoms with Crippen molar-refractivity contribution in [2.24, 2.45) is 0 Å². The number of hydrogen-bond donors (Lipinski definition) is 3. The van der Waals surface area contributed by atoms with Gasteiger partial charge in [0.2, 0.25) is 0 Å². The number of hydrogen-bond acceptors (Lipinski definition) is 3. The van der Waals surface area contributed by atoms with Crippen molar-refractivity contribution in [1.29, 1.82) is 5.41 Å². The SMILES string of the molecule is CC(O)=C1C(=N)CCNC1=O. The van der Waals surface area contributed by atoms with Gasteiger partial charge in [-0.05, 0) is 6.92 Å². The van der Waals surface area contributed by atoms with Crippen LogP contribution >= 0.6 is 0 Å². The summed E-state index contributed by atoms with van der Waals surface area (Å²) in [6, 6.07) is 0. The molecular formula is C7H10N2O2. The maximum atomic E-state index is 11.0. The summed E-state index contributed by atoms with van der Waals surface area (Å²) in [5.74, 6) is -0.423. The van der Waals surface area contributed by atoms with Crippen molar-refractivity contribution >= 4 is 11.6 Å². The highest BCUT2D eigenvalue weighted by Gasteiger charge is 2.21. The number of carbonyl (C=O) groups is 1. The minimum atomic E-state index is -0.346. The molecular weight excluding hydrogens is 144 g/mol. The van der Waals surface area contributed by atoms with Gasteiger partial charge < -0.3 is 15.8 Å². The van der Waals surface area contributed by atoms with Gasteiger partial charge in [0.1, 0.15) is 5.76 Å². The van der Waals surface area contributed by atoms with Crippen LogP contribution in [-0.4, -0.2) is 23.3 Å². The minimum absolute atomic E-state index is 0.0767. The van der Waals surface area contributed by atoms with Crippen LogP contribution in [0.4, 0.5) is 0 Å². The highest BCUT2D eigenvalue weighted by atomic mass is 16.3. The Kier molecular flexibility index (Phi) is 1.94. The van der Waals surface area contributed by atoms with Gasteiger partial charge in [-0.15, -0.1) is 0 Å². The van der Waals surface area contributed by atoms with E-state index >= 15 is 0 Å². The summed E-state index contributed by atoms with van der Waals surface area (Å²) in [7, 11) is 0. The van der Waals surface area contributed by atoms with Crippen LogP contribution in [0.3, 0.4) is 0 Å². The molecule has 1 aliphatic rings. The average molecular weight is 154 g/mol. The van der Waals surface area contributed by atoms with E-state index in [0.717, 1.165) is 0 Å². The lowest BCUT2D eigenvalue weighted by molar-refractivity contribution is -0.117. The molecule has 3 N–H and O–H groups in total. The van der Waals surface area contributed by atoms with E-state index in [9.17, 15) is 4.79 Å². The largest absolute Gasteiger partial charge is 0.512 e. The number of aliphatic hydroxyl groups is 1. The van der Waals surface area contributed by atoms with E-state index in [0.29, 0.717) is 13.0 Å². The Hall–Kier alpha value is -1.32. The van der Waals surface area contributed by atoms with Crippen molar-refractivity contribution in [1.82, 2.24) is 5.32 Å². The monoisotopic (exact) mass is 154 g/mol. The summed E-state index contributed by atoms with van der Waals surface area (Å²) in [6.45, 7) is 1.91. The van der Waals surface area contributed by atoms with E-state index < -0.39 is 0 Å². The summed E-state index contributed by atoms with van der Waals surface area (Å²) >= 11 is 0. The molecule has 0 unspecified atom stereocenters. The molecule has 0 aromatic rings. The number of rotatable bonds is 0. The number of allylic oxidation sites excluding steroid dienone is 1. The van der Waals surface area contributed by atoms with Crippen molar-refractivity contribution in [3.8, 4) is 0 Å². The van der Waals surface area contributed by atoms with E-state index in [2.05, 4.69) is 5.32 Å². The summed E-state index contributed by atoms with van der Waals surface area (Å²) in [6.07, 6.45) is 0.499. The second kappa shape index (κ2) is 2.74. The van der Waals surface area contributed by atoms with Crippen LogP contribution in [0, 0.1) is 5.41 Å². The second-order valence-electron chi connectivity index (χ2n) is 2.44. The second-order valence-corrected chi connectivity index (χ2v) is 2.44. The first-order valence-electron chi connectivity index (χ1n) is 3.38. The molecule has 11 heavy (non-hydrogen) atoms. The first-order valence-corrected chi connectivity index (χ1v) is 3.38. The lowest BCUT2D eigenvalue weighted by Crippen LogP contribution is -2.36. The van der Waals surface area contributed by atoms with Gasteiger partial charge in [0.15, 0.2) is 0 Å². The first kappa shape index (κ1) is 7.78. The highest BCUT2D eigenvalue weighted by Crippen LogP contribution is 2.09. The molecule has 0 aromatic heterocycles. The normalized spacial score (nSPS) is 23.0. The predicted molar refractivity (Wildman–Crippen MR) is 40.7 cm³/mol. The molecule has 1 fully saturated rings. The Balaban J connectivity index is 2.98. The number of nitrogens with one attached hydrogen (secondary N) is 2. The van der Waals surface area contributed by atoms with Gasteiger partial charge in [0, 0.05) is 18.7 Å². The van der Waals surface area contributed by atoms with Crippen molar-refractivity contribution in [2.45, 2.75) is 13.3 Å². The zero-order valence-corrected chi connectivity index (χ0v) is 6.27. The van der Waals surface area contributed by atoms with E-state index in [1.54, 1.807) is 0 Å².